The Balaban J connectivity index is 1.57. The zero-order valence-corrected chi connectivity index (χ0v) is 11.0. The van der Waals surface area contributed by atoms with E-state index < -0.39 is 0 Å². The van der Waals surface area contributed by atoms with Crippen LogP contribution in [0.2, 0.25) is 5.15 Å². The highest BCUT2D eigenvalue weighted by Crippen LogP contribution is 2.48. The molecule has 2 aliphatic rings. The summed E-state index contributed by atoms with van der Waals surface area (Å²) >= 11 is 5.78. The molecule has 1 heterocycles. The molecule has 1 N–H and O–H groups in total. The molecule has 1 aromatic rings. The molecule has 0 spiro atoms. The average molecular weight is 265 g/mol. The van der Waals surface area contributed by atoms with Crippen LogP contribution < -0.4 is 5.32 Å². The number of amides is 1. The van der Waals surface area contributed by atoms with Crippen molar-refractivity contribution in [2.75, 3.05) is 6.54 Å². The minimum Gasteiger partial charge on any atom is -0.350 e. The molecule has 3 rings (SSSR count). The fourth-order valence-electron chi connectivity index (χ4n) is 2.60. The van der Waals surface area contributed by atoms with Gasteiger partial charge in [-0.1, -0.05) is 17.7 Å². The first-order valence-corrected chi connectivity index (χ1v) is 7.02. The summed E-state index contributed by atoms with van der Waals surface area (Å²) < 4.78 is 0. The Morgan fingerprint density at radius 1 is 1.33 bits per heavy atom. The lowest BCUT2D eigenvalue weighted by Crippen LogP contribution is -2.31. The number of hydrogen-bond donors (Lipinski definition) is 1. The molecule has 1 aromatic heterocycles. The molecular formula is C14H17ClN2O. The Morgan fingerprint density at radius 3 is 2.56 bits per heavy atom. The fourth-order valence-corrected chi connectivity index (χ4v) is 2.77. The van der Waals surface area contributed by atoms with Crippen molar-refractivity contribution >= 4 is 17.5 Å². The summed E-state index contributed by atoms with van der Waals surface area (Å²) in [6, 6.07) is 5.13. The van der Waals surface area contributed by atoms with Crippen molar-refractivity contribution in [2.45, 2.75) is 25.7 Å². The maximum absolute atomic E-state index is 12.0. The second-order valence-corrected chi connectivity index (χ2v) is 5.78. The highest BCUT2D eigenvalue weighted by atomic mass is 35.5. The van der Waals surface area contributed by atoms with Crippen LogP contribution in [0, 0.1) is 17.8 Å². The number of carbonyl (C=O) groups is 1. The predicted molar refractivity (Wildman–Crippen MR) is 70.5 cm³/mol. The number of nitrogens with zero attached hydrogens (tertiary/aromatic N) is 1. The molecule has 0 unspecified atom stereocenters. The van der Waals surface area contributed by atoms with Crippen LogP contribution in [0.3, 0.4) is 0 Å². The summed E-state index contributed by atoms with van der Waals surface area (Å²) in [7, 11) is 0. The molecular weight excluding hydrogens is 248 g/mol. The van der Waals surface area contributed by atoms with Gasteiger partial charge in [0.1, 0.15) is 10.8 Å². The van der Waals surface area contributed by atoms with E-state index in [-0.39, 0.29) is 5.91 Å². The van der Waals surface area contributed by atoms with Crippen LogP contribution in [0.25, 0.3) is 0 Å². The first-order valence-electron chi connectivity index (χ1n) is 6.65. The van der Waals surface area contributed by atoms with Gasteiger partial charge in [0.05, 0.1) is 0 Å². The van der Waals surface area contributed by atoms with E-state index >= 15 is 0 Å². The van der Waals surface area contributed by atoms with E-state index in [0.29, 0.717) is 16.8 Å². The van der Waals surface area contributed by atoms with Crippen LogP contribution in [-0.4, -0.2) is 17.4 Å². The normalized spacial score (nSPS) is 19.0. The minimum absolute atomic E-state index is 0.108. The molecule has 4 heteroatoms. The monoisotopic (exact) mass is 264 g/mol. The van der Waals surface area contributed by atoms with Gasteiger partial charge in [0.25, 0.3) is 5.91 Å². The topological polar surface area (TPSA) is 42.0 Å². The third-order valence-corrected chi connectivity index (χ3v) is 4.11. The van der Waals surface area contributed by atoms with Crippen LogP contribution >= 0.6 is 11.6 Å². The Morgan fingerprint density at radius 2 is 2.00 bits per heavy atom. The first-order chi connectivity index (χ1) is 8.74. The lowest BCUT2D eigenvalue weighted by atomic mass is 9.98. The van der Waals surface area contributed by atoms with Crippen molar-refractivity contribution in [3.8, 4) is 0 Å². The summed E-state index contributed by atoms with van der Waals surface area (Å²) in [4.78, 5) is 16.0. The maximum atomic E-state index is 12.0. The highest BCUT2D eigenvalue weighted by molar-refractivity contribution is 6.29. The molecule has 2 aliphatic carbocycles. The summed E-state index contributed by atoms with van der Waals surface area (Å²) in [6.45, 7) is 0.794. The van der Waals surface area contributed by atoms with Gasteiger partial charge in [-0.25, -0.2) is 4.98 Å². The lowest BCUT2D eigenvalue weighted by Gasteiger charge is -2.15. The molecule has 0 aliphatic heterocycles. The van der Waals surface area contributed by atoms with Crippen molar-refractivity contribution in [2.24, 2.45) is 17.8 Å². The Bertz CT molecular complexity index is 443. The molecule has 96 valence electrons. The van der Waals surface area contributed by atoms with E-state index in [9.17, 15) is 4.79 Å². The number of hydrogen-bond acceptors (Lipinski definition) is 2. The van der Waals surface area contributed by atoms with Crippen LogP contribution in [0.4, 0.5) is 0 Å². The molecule has 2 fully saturated rings. The Labute approximate surface area is 112 Å². The van der Waals surface area contributed by atoms with Crippen molar-refractivity contribution < 1.29 is 4.79 Å². The van der Waals surface area contributed by atoms with Gasteiger partial charge in [-0.2, -0.15) is 0 Å². The van der Waals surface area contributed by atoms with E-state index in [2.05, 4.69) is 10.3 Å². The highest BCUT2D eigenvalue weighted by Gasteiger charge is 2.41. The van der Waals surface area contributed by atoms with Crippen LogP contribution in [0.1, 0.15) is 36.2 Å². The van der Waals surface area contributed by atoms with Gasteiger partial charge in [-0.15, -0.1) is 0 Å². The van der Waals surface area contributed by atoms with Crippen molar-refractivity contribution in [3.05, 3.63) is 29.0 Å². The van der Waals surface area contributed by atoms with Crippen molar-refractivity contribution in [1.29, 1.82) is 0 Å². The third kappa shape index (κ3) is 2.83. The number of rotatable bonds is 5. The average Bonchev–Trinajstić information content (AvgIpc) is 3.23. The van der Waals surface area contributed by atoms with Gasteiger partial charge >= 0.3 is 0 Å². The number of halogens is 1. The molecule has 0 atom stereocenters. The quantitative estimate of drug-likeness (QED) is 0.831. The molecule has 0 saturated heterocycles. The molecule has 0 radical (unpaired) electrons. The number of aromatic nitrogens is 1. The lowest BCUT2D eigenvalue weighted by molar-refractivity contribution is 0.0938. The van der Waals surface area contributed by atoms with Crippen LogP contribution in [0.5, 0.6) is 0 Å². The van der Waals surface area contributed by atoms with Gasteiger partial charge in [0.15, 0.2) is 0 Å². The second-order valence-electron chi connectivity index (χ2n) is 5.39. The summed E-state index contributed by atoms with van der Waals surface area (Å²) in [5, 5.41) is 3.37. The first kappa shape index (κ1) is 12.0. The van der Waals surface area contributed by atoms with Crippen LogP contribution in [-0.2, 0) is 0 Å². The zero-order valence-electron chi connectivity index (χ0n) is 10.2. The SMILES string of the molecule is O=C(NCC(C1CC1)C1CC1)c1cccc(Cl)n1. The zero-order chi connectivity index (χ0) is 12.5. The van der Waals surface area contributed by atoms with Gasteiger partial charge in [0, 0.05) is 6.54 Å². The Kier molecular flexibility index (Phi) is 3.25. The molecule has 2 saturated carbocycles. The van der Waals surface area contributed by atoms with Crippen LogP contribution in [0.15, 0.2) is 18.2 Å². The van der Waals surface area contributed by atoms with Crippen molar-refractivity contribution in [1.82, 2.24) is 10.3 Å². The Hall–Kier alpha value is -1.09. The van der Waals surface area contributed by atoms with E-state index in [1.807, 2.05) is 0 Å². The molecule has 18 heavy (non-hydrogen) atoms. The molecule has 3 nitrogen and oxygen atoms in total. The van der Waals surface area contributed by atoms with Gasteiger partial charge < -0.3 is 5.32 Å². The second kappa shape index (κ2) is 4.88. The standard InChI is InChI=1S/C14H17ClN2O/c15-13-3-1-2-12(17-13)14(18)16-8-11(9-4-5-9)10-6-7-10/h1-3,9-11H,4-8H2,(H,16,18). The maximum Gasteiger partial charge on any atom is 0.269 e. The minimum atomic E-state index is -0.108. The molecule has 0 aromatic carbocycles. The number of nitrogens with one attached hydrogen (secondary N) is 1. The fraction of sp³-hybridized carbons (Fsp3) is 0.571. The number of pyridine rings is 1. The van der Waals surface area contributed by atoms with Gasteiger partial charge in [0.2, 0.25) is 0 Å². The molecule has 1 amide bonds. The summed E-state index contributed by atoms with van der Waals surface area (Å²) in [5.74, 6) is 2.28. The van der Waals surface area contributed by atoms with Gasteiger partial charge in [-0.3, -0.25) is 4.79 Å². The summed E-state index contributed by atoms with van der Waals surface area (Å²) in [6.07, 6.45) is 5.36. The predicted octanol–water partition coefficient (Wildman–Crippen LogP) is 2.90. The molecule has 0 bridgehead atoms. The van der Waals surface area contributed by atoms with Gasteiger partial charge in [-0.05, 0) is 55.6 Å². The third-order valence-electron chi connectivity index (χ3n) is 3.90. The largest absolute Gasteiger partial charge is 0.350 e. The van der Waals surface area contributed by atoms with E-state index in [1.165, 1.54) is 25.7 Å². The van der Waals surface area contributed by atoms with E-state index in [4.69, 9.17) is 11.6 Å². The van der Waals surface area contributed by atoms with E-state index in [0.717, 1.165) is 18.4 Å². The summed E-state index contributed by atoms with van der Waals surface area (Å²) in [5.41, 5.74) is 0.410. The smallest absolute Gasteiger partial charge is 0.269 e. The van der Waals surface area contributed by atoms with Crippen molar-refractivity contribution in [3.63, 3.8) is 0 Å². The number of carbonyl (C=O) groups excluding carboxylic acids is 1. The van der Waals surface area contributed by atoms with E-state index in [1.54, 1.807) is 18.2 Å².